The Bertz CT molecular complexity index is 783. The summed E-state index contributed by atoms with van der Waals surface area (Å²) < 4.78 is 5.15. The van der Waals surface area contributed by atoms with E-state index in [4.69, 9.17) is 4.74 Å². The lowest BCUT2D eigenvalue weighted by atomic mass is 10.1. The van der Waals surface area contributed by atoms with Gasteiger partial charge in [0.25, 0.3) is 0 Å². The summed E-state index contributed by atoms with van der Waals surface area (Å²) in [6.45, 7) is 4.86. The monoisotopic (exact) mass is 432 g/mol. The molecule has 0 spiro atoms. The molecule has 0 bridgehead atoms. The predicted molar refractivity (Wildman–Crippen MR) is 117 cm³/mol. The van der Waals surface area contributed by atoms with Gasteiger partial charge in [-0.15, -0.1) is 0 Å². The number of ether oxygens (including phenoxy) is 1. The van der Waals surface area contributed by atoms with E-state index >= 15 is 0 Å². The molecule has 1 fully saturated rings. The zero-order valence-corrected chi connectivity index (χ0v) is 18.2. The minimum absolute atomic E-state index is 0.0407. The van der Waals surface area contributed by atoms with E-state index in [-0.39, 0.29) is 30.7 Å². The first-order chi connectivity index (χ1) is 14.9. The zero-order chi connectivity index (χ0) is 22.6. The van der Waals surface area contributed by atoms with Gasteiger partial charge in [0.15, 0.2) is 0 Å². The molecule has 1 aliphatic heterocycles. The molecule has 9 nitrogen and oxygen atoms in total. The fourth-order valence-corrected chi connectivity index (χ4v) is 3.20. The molecule has 1 aromatic carbocycles. The van der Waals surface area contributed by atoms with Crippen molar-refractivity contribution in [1.29, 1.82) is 0 Å². The number of hydrogen-bond acceptors (Lipinski definition) is 6. The van der Waals surface area contributed by atoms with Crippen LogP contribution in [0, 0.1) is 0 Å². The lowest BCUT2D eigenvalue weighted by Gasteiger charge is -2.34. The van der Waals surface area contributed by atoms with Gasteiger partial charge in [-0.3, -0.25) is 19.2 Å². The Balaban J connectivity index is 1.94. The first kappa shape index (κ1) is 24.2. The average Bonchev–Trinajstić information content (AvgIpc) is 2.74. The van der Waals surface area contributed by atoms with Gasteiger partial charge in [-0.05, 0) is 31.0 Å². The minimum atomic E-state index is -0.878. The van der Waals surface area contributed by atoms with Crippen LogP contribution in [0.25, 0.3) is 0 Å². The summed E-state index contributed by atoms with van der Waals surface area (Å²) >= 11 is 0. The molecule has 3 N–H and O–H groups in total. The van der Waals surface area contributed by atoms with Crippen molar-refractivity contribution in [2.75, 3.05) is 36.9 Å². The molecule has 0 aliphatic carbocycles. The molecule has 1 atom stereocenters. The fraction of sp³-hybridized carbons (Fsp3) is 0.545. The minimum Gasteiger partial charge on any atom is -0.466 e. The smallest absolute Gasteiger partial charge is 0.308 e. The number of anilines is 2. The maximum Gasteiger partial charge on any atom is 0.308 e. The predicted octanol–water partition coefficient (Wildman–Crippen LogP) is 1.90. The van der Waals surface area contributed by atoms with Crippen LogP contribution in [0.1, 0.15) is 46.0 Å². The quantitative estimate of drug-likeness (QED) is 0.363. The van der Waals surface area contributed by atoms with E-state index in [0.29, 0.717) is 37.5 Å². The Labute approximate surface area is 182 Å². The molecule has 1 saturated heterocycles. The molecule has 2 rings (SSSR count). The Morgan fingerprint density at radius 1 is 1.19 bits per heavy atom. The highest BCUT2D eigenvalue weighted by Crippen LogP contribution is 2.16. The molecular weight excluding hydrogens is 400 g/mol. The van der Waals surface area contributed by atoms with Crippen LogP contribution in [0.4, 0.5) is 11.4 Å². The molecule has 1 aromatic rings. The van der Waals surface area contributed by atoms with Gasteiger partial charge in [0.1, 0.15) is 6.04 Å². The van der Waals surface area contributed by atoms with E-state index in [1.54, 1.807) is 24.3 Å². The third kappa shape index (κ3) is 7.92. The summed E-state index contributed by atoms with van der Waals surface area (Å²) in [5.74, 6) is -1.20. The van der Waals surface area contributed by atoms with Crippen molar-refractivity contribution in [3.63, 3.8) is 0 Å². The summed E-state index contributed by atoms with van der Waals surface area (Å²) in [7, 11) is 0. The highest BCUT2D eigenvalue weighted by molar-refractivity contribution is 5.93. The summed E-state index contributed by atoms with van der Waals surface area (Å²) in [4.78, 5) is 50.3. The molecule has 0 saturated carbocycles. The molecule has 31 heavy (non-hydrogen) atoms. The summed E-state index contributed by atoms with van der Waals surface area (Å²) in [5, 5.41) is 8.54. The van der Waals surface area contributed by atoms with Gasteiger partial charge in [-0.2, -0.15) is 0 Å². The summed E-state index contributed by atoms with van der Waals surface area (Å²) in [5.41, 5.74) is 1.31. The number of nitrogens with zero attached hydrogens (tertiary/aromatic N) is 1. The Kier molecular flexibility index (Phi) is 9.80. The van der Waals surface area contributed by atoms with Crippen molar-refractivity contribution in [2.45, 2.75) is 52.0 Å². The van der Waals surface area contributed by atoms with E-state index in [9.17, 15) is 19.2 Å². The van der Waals surface area contributed by atoms with E-state index in [2.05, 4.69) is 16.0 Å². The molecule has 0 aromatic heterocycles. The average molecular weight is 433 g/mol. The first-order valence-corrected chi connectivity index (χ1v) is 10.8. The van der Waals surface area contributed by atoms with Crippen LogP contribution in [-0.2, 0) is 23.9 Å². The van der Waals surface area contributed by atoms with Crippen LogP contribution < -0.4 is 16.0 Å². The molecule has 1 aliphatic rings. The topological polar surface area (TPSA) is 117 Å². The first-order valence-electron chi connectivity index (χ1n) is 10.8. The van der Waals surface area contributed by atoms with E-state index in [1.807, 2.05) is 13.8 Å². The van der Waals surface area contributed by atoms with E-state index < -0.39 is 12.0 Å². The Morgan fingerprint density at radius 2 is 1.97 bits per heavy atom. The number of nitrogens with one attached hydrogen (secondary N) is 3. The molecule has 170 valence electrons. The number of amides is 3. The molecule has 1 unspecified atom stereocenters. The number of piperazine rings is 1. The van der Waals surface area contributed by atoms with E-state index in [0.717, 1.165) is 19.3 Å². The van der Waals surface area contributed by atoms with Gasteiger partial charge in [0.05, 0.1) is 19.6 Å². The summed E-state index contributed by atoms with van der Waals surface area (Å²) in [6.07, 6.45) is 2.69. The third-order valence-electron chi connectivity index (χ3n) is 4.84. The maximum absolute atomic E-state index is 12.8. The van der Waals surface area contributed by atoms with Crippen LogP contribution in [-0.4, -0.2) is 60.9 Å². The molecular formula is C22H32N4O5. The standard InChI is InChI=1S/C22H32N4O5/c1-3-5-12-31-21(29)14-18-22(30)23-10-11-26(18)20(28)15-24-16-8-6-9-17(13-16)25-19(27)7-4-2/h6,8-9,13,18,24H,3-5,7,10-12,14-15H2,1-2H3,(H,23,30)(H,25,27). The second kappa shape index (κ2) is 12.6. The van der Waals surface area contributed by atoms with Crippen molar-refractivity contribution in [3.05, 3.63) is 24.3 Å². The molecule has 9 heteroatoms. The van der Waals surface area contributed by atoms with Gasteiger partial charge in [0.2, 0.25) is 17.7 Å². The highest BCUT2D eigenvalue weighted by atomic mass is 16.5. The maximum atomic E-state index is 12.8. The second-order valence-corrected chi connectivity index (χ2v) is 7.40. The van der Waals surface area contributed by atoms with Gasteiger partial charge >= 0.3 is 5.97 Å². The van der Waals surface area contributed by atoms with Crippen LogP contribution in [0.5, 0.6) is 0 Å². The Hall–Kier alpha value is -3.10. The zero-order valence-electron chi connectivity index (χ0n) is 18.2. The number of rotatable bonds is 11. The SMILES string of the molecule is CCCCOC(=O)CC1C(=O)NCCN1C(=O)CNc1cccc(NC(=O)CCC)c1. The number of esters is 1. The summed E-state index contributed by atoms with van der Waals surface area (Å²) in [6, 6.07) is 6.20. The van der Waals surface area contributed by atoms with Gasteiger partial charge in [-0.1, -0.05) is 26.3 Å². The van der Waals surface area contributed by atoms with Crippen LogP contribution in [0.2, 0.25) is 0 Å². The normalized spacial score (nSPS) is 15.7. The van der Waals surface area contributed by atoms with Crippen LogP contribution in [0.15, 0.2) is 24.3 Å². The number of carbonyl (C=O) groups excluding carboxylic acids is 4. The van der Waals surface area contributed by atoms with Gasteiger partial charge in [-0.25, -0.2) is 0 Å². The van der Waals surface area contributed by atoms with Gasteiger partial charge in [0, 0.05) is 30.9 Å². The van der Waals surface area contributed by atoms with Crippen LogP contribution >= 0.6 is 0 Å². The molecule has 1 heterocycles. The van der Waals surface area contributed by atoms with Crippen molar-refractivity contribution in [1.82, 2.24) is 10.2 Å². The van der Waals surface area contributed by atoms with Crippen molar-refractivity contribution >= 4 is 35.1 Å². The number of unbranched alkanes of at least 4 members (excludes halogenated alkanes) is 1. The number of benzene rings is 1. The van der Waals surface area contributed by atoms with Gasteiger partial charge < -0.3 is 25.6 Å². The largest absolute Gasteiger partial charge is 0.466 e. The molecule has 0 radical (unpaired) electrons. The lowest BCUT2D eigenvalue weighted by Crippen LogP contribution is -2.58. The molecule has 3 amide bonds. The second-order valence-electron chi connectivity index (χ2n) is 7.40. The Morgan fingerprint density at radius 3 is 2.71 bits per heavy atom. The van der Waals surface area contributed by atoms with Crippen molar-refractivity contribution in [3.8, 4) is 0 Å². The highest BCUT2D eigenvalue weighted by Gasteiger charge is 2.34. The van der Waals surface area contributed by atoms with Crippen LogP contribution in [0.3, 0.4) is 0 Å². The van der Waals surface area contributed by atoms with E-state index in [1.165, 1.54) is 4.90 Å². The lowest BCUT2D eigenvalue weighted by molar-refractivity contribution is -0.151. The number of hydrogen-bond donors (Lipinski definition) is 3. The fourth-order valence-electron chi connectivity index (χ4n) is 3.20. The van der Waals surface area contributed by atoms with Crippen molar-refractivity contribution in [2.24, 2.45) is 0 Å². The third-order valence-corrected chi connectivity index (χ3v) is 4.84. The van der Waals surface area contributed by atoms with Crippen molar-refractivity contribution < 1.29 is 23.9 Å². The number of carbonyl (C=O) groups is 4.